The Bertz CT molecular complexity index is 1130. The average molecular weight is 478 g/mol. The van der Waals surface area contributed by atoms with Gasteiger partial charge in [0.05, 0.1) is 12.7 Å². The van der Waals surface area contributed by atoms with E-state index in [1.54, 1.807) is 18.8 Å². The number of benzene rings is 1. The van der Waals surface area contributed by atoms with Gasteiger partial charge in [0, 0.05) is 32.6 Å². The molecule has 3 N–H and O–H groups in total. The lowest BCUT2D eigenvalue weighted by Gasteiger charge is -2.30. The van der Waals surface area contributed by atoms with Crippen molar-refractivity contribution in [2.75, 3.05) is 42.3 Å². The summed E-state index contributed by atoms with van der Waals surface area (Å²) in [5, 5.41) is 9.28. The van der Waals surface area contributed by atoms with E-state index in [1.165, 1.54) is 17.6 Å². The number of nitrogen functional groups attached to an aromatic ring is 1. The predicted molar refractivity (Wildman–Crippen MR) is 123 cm³/mol. The minimum atomic E-state index is -0.887. The number of halogens is 2. The zero-order valence-corrected chi connectivity index (χ0v) is 19.3. The van der Waals surface area contributed by atoms with Gasteiger partial charge < -0.3 is 15.4 Å². The predicted octanol–water partition coefficient (Wildman–Crippen LogP) is 2.73. The van der Waals surface area contributed by atoms with Gasteiger partial charge in [-0.1, -0.05) is 13.0 Å². The standard InChI is InChI=1S/C21H25F2N7O2S/c1-12-7-25-17(32-3)10-29(9-12)19-16(8-26-28(19)2)30(18-13(22)5-4-6-14(18)23)20(31)15-11-33-21(24)27-15/h4-6,8,11-12,17,25H,7,9-10H2,1-3H3,(H2,24,27). The zero-order valence-electron chi connectivity index (χ0n) is 18.5. The highest BCUT2D eigenvalue weighted by Crippen LogP contribution is 2.38. The van der Waals surface area contributed by atoms with Gasteiger partial charge in [-0.15, -0.1) is 11.3 Å². The highest BCUT2D eigenvalue weighted by atomic mass is 32.1. The molecular formula is C21H25F2N7O2S. The number of rotatable bonds is 5. The molecule has 176 valence electrons. The number of hydrogen-bond donors (Lipinski definition) is 2. The molecule has 33 heavy (non-hydrogen) atoms. The number of carbonyl (C=O) groups excluding carboxylic acids is 1. The van der Waals surface area contributed by atoms with Crippen molar-refractivity contribution in [1.29, 1.82) is 0 Å². The van der Waals surface area contributed by atoms with E-state index in [0.717, 1.165) is 34.9 Å². The monoisotopic (exact) mass is 477 g/mol. The van der Waals surface area contributed by atoms with Crippen LogP contribution in [-0.4, -0.2) is 53.6 Å². The van der Waals surface area contributed by atoms with Crippen molar-refractivity contribution in [3.05, 3.63) is 47.1 Å². The Hall–Kier alpha value is -3.09. The zero-order chi connectivity index (χ0) is 23.7. The molecule has 1 amide bonds. The lowest BCUT2D eigenvalue weighted by atomic mass is 10.1. The molecule has 2 aromatic heterocycles. The van der Waals surface area contributed by atoms with Crippen molar-refractivity contribution < 1.29 is 18.3 Å². The third-order valence-electron chi connectivity index (χ3n) is 5.43. The molecule has 12 heteroatoms. The number of carbonyl (C=O) groups is 1. The van der Waals surface area contributed by atoms with Crippen LogP contribution in [0.25, 0.3) is 0 Å². The first-order valence-corrected chi connectivity index (χ1v) is 11.2. The summed E-state index contributed by atoms with van der Waals surface area (Å²) in [6, 6.07) is 3.44. The normalized spacial score (nSPS) is 18.9. The maximum absolute atomic E-state index is 14.9. The van der Waals surface area contributed by atoms with Crippen molar-refractivity contribution in [3.8, 4) is 0 Å². The van der Waals surface area contributed by atoms with Crippen molar-refractivity contribution in [2.24, 2.45) is 13.0 Å². The van der Waals surface area contributed by atoms with Crippen molar-refractivity contribution in [2.45, 2.75) is 13.2 Å². The summed E-state index contributed by atoms with van der Waals surface area (Å²) in [5.74, 6) is -1.73. The van der Waals surface area contributed by atoms with E-state index >= 15 is 0 Å². The van der Waals surface area contributed by atoms with Gasteiger partial charge >= 0.3 is 0 Å². The number of nitrogens with zero attached hydrogens (tertiary/aromatic N) is 5. The van der Waals surface area contributed by atoms with Gasteiger partial charge in [0.2, 0.25) is 0 Å². The van der Waals surface area contributed by atoms with Crippen molar-refractivity contribution >= 4 is 39.6 Å². The van der Waals surface area contributed by atoms with Crippen LogP contribution < -0.4 is 20.9 Å². The first-order valence-electron chi connectivity index (χ1n) is 10.3. The third kappa shape index (κ3) is 4.54. The van der Waals surface area contributed by atoms with E-state index < -0.39 is 23.2 Å². The quantitative estimate of drug-likeness (QED) is 0.583. The average Bonchev–Trinajstić information content (AvgIpc) is 3.32. The summed E-state index contributed by atoms with van der Waals surface area (Å²) in [5.41, 5.74) is 5.41. The van der Waals surface area contributed by atoms with Crippen molar-refractivity contribution in [1.82, 2.24) is 20.1 Å². The molecule has 0 radical (unpaired) electrons. The Morgan fingerprint density at radius 3 is 2.70 bits per heavy atom. The van der Waals surface area contributed by atoms with Gasteiger partial charge in [-0.05, 0) is 18.1 Å². The number of thiazole rings is 1. The summed E-state index contributed by atoms with van der Waals surface area (Å²) in [6.07, 6.45) is 1.14. The second-order valence-electron chi connectivity index (χ2n) is 7.90. The van der Waals surface area contributed by atoms with E-state index in [-0.39, 0.29) is 28.7 Å². The van der Waals surface area contributed by atoms with Crippen LogP contribution in [0.3, 0.4) is 0 Å². The molecule has 0 aliphatic carbocycles. The number of nitrogens with two attached hydrogens (primary N) is 1. The van der Waals surface area contributed by atoms with E-state index in [9.17, 15) is 13.6 Å². The van der Waals surface area contributed by atoms with Gasteiger partial charge in [-0.25, -0.2) is 13.8 Å². The number of methoxy groups -OCH3 is 1. The molecule has 1 saturated heterocycles. The first-order chi connectivity index (χ1) is 15.8. The summed E-state index contributed by atoms with van der Waals surface area (Å²) in [6.45, 7) is 3.86. The second kappa shape index (κ2) is 9.41. The van der Waals surface area contributed by atoms with Crippen LogP contribution >= 0.6 is 11.3 Å². The fraction of sp³-hybridized carbons (Fsp3) is 0.381. The lowest BCUT2D eigenvalue weighted by Crippen LogP contribution is -2.40. The Morgan fingerprint density at radius 1 is 1.33 bits per heavy atom. The summed E-state index contributed by atoms with van der Waals surface area (Å²) < 4.78 is 37.0. The topological polar surface area (TPSA) is 102 Å². The molecule has 0 bridgehead atoms. The number of nitrogens with one attached hydrogen (secondary N) is 1. The number of aromatic nitrogens is 3. The summed E-state index contributed by atoms with van der Waals surface area (Å²) in [7, 11) is 3.32. The van der Waals surface area contributed by atoms with Crippen LogP contribution in [0.5, 0.6) is 0 Å². The highest BCUT2D eigenvalue weighted by molar-refractivity contribution is 7.13. The summed E-state index contributed by atoms with van der Waals surface area (Å²) in [4.78, 5) is 20.6. The van der Waals surface area contributed by atoms with Crippen LogP contribution in [0.2, 0.25) is 0 Å². The Morgan fingerprint density at radius 2 is 2.06 bits per heavy atom. The van der Waals surface area contributed by atoms with Gasteiger partial charge in [0.25, 0.3) is 5.91 Å². The minimum Gasteiger partial charge on any atom is -0.375 e. The van der Waals surface area contributed by atoms with Gasteiger partial charge in [-0.2, -0.15) is 5.10 Å². The Balaban J connectivity index is 1.88. The summed E-state index contributed by atoms with van der Waals surface area (Å²) >= 11 is 1.07. The van der Waals surface area contributed by atoms with E-state index in [1.807, 2.05) is 4.90 Å². The van der Waals surface area contributed by atoms with Crippen LogP contribution in [0, 0.1) is 17.6 Å². The largest absolute Gasteiger partial charge is 0.375 e. The van der Waals surface area contributed by atoms with Crippen LogP contribution in [0.1, 0.15) is 17.4 Å². The van der Waals surface area contributed by atoms with E-state index in [2.05, 4.69) is 22.3 Å². The van der Waals surface area contributed by atoms with Gasteiger partial charge in [0.15, 0.2) is 10.9 Å². The molecule has 3 heterocycles. The number of hydrogen-bond acceptors (Lipinski definition) is 8. The molecule has 1 aromatic carbocycles. The van der Waals surface area contributed by atoms with Crippen molar-refractivity contribution in [3.63, 3.8) is 0 Å². The maximum Gasteiger partial charge on any atom is 0.282 e. The van der Waals surface area contributed by atoms with Crippen LogP contribution in [-0.2, 0) is 11.8 Å². The van der Waals surface area contributed by atoms with Gasteiger partial charge in [0.1, 0.15) is 34.9 Å². The van der Waals surface area contributed by atoms with E-state index in [0.29, 0.717) is 18.9 Å². The Labute approximate surface area is 193 Å². The number of aryl methyl sites for hydroxylation is 1. The number of amides is 1. The molecule has 9 nitrogen and oxygen atoms in total. The van der Waals surface area contributed by atoms with Gasteiger partial charge in [-0.3, -0.25) is 19.7 Å². The molecule has 0 spiro atoms. The molecule has 0 saturated carbocycles. The molecular weight excluding hydrogens is 452 g/mol. The smallest absolute Gasteiger partial charge is 0.282 e. The molecule has 1 aliphatic heterocycles. The fourth-order valence-corrected chi connectivity index (χ4v) is 4.46. The minimum absolute atomic E-state index is 0.0179. The second-order valence-corrected chi connectivity index (χ2v) is 8.79. The lowest BCUT2D eigenvalue weighted by molar-refractivity contribution is 0.0829. The highest BCUT2D eigenvalue weighted by Gasteiger charge is 2.34. The molecule has 2 atom stereocenters. The molecule has 4 rings (SSSR count). The molecule has 1 aliphatic rings. The fourth-order valence-electron chi connectivity index (χ4n) is 3.92. The van der Waals surface area contributed by atoms with Crippen LogP contribution in [0.4, 0.5) is 31.1 Å². The number of para-hydroxylation sites is 1. The SMILES string of the molecule is COC1CN(c2c(N(C(=O)c3csc(N)n3)c3c(F)cccc3F)cnn2C)CC(C)CN1. The number of anilines is 4. The first kappa shape index (κ1) is 23.1. The Kier molecular flexibility index (Phi) is 6.58. The number of ether oxygens (including phenoxy) is 1. The third-order valence-corrected chi connectivity index (χ3v) is 6.11. The molecule has 2 unspecified atom stereocenters. The molecule has 1 fully saturated rings. The molecule has 3 aromatic rings. The maximum atomic E-state index is 14.9. The van der Waals surface area contributed by atoms with E-state index in [4.69, 9.17) is 10.5 Å². The van der Waals surface area contributed by atoms with Crippen LogP contribution in [0.15, 0.2) is 29.8 Å².